The minimum absolute atomic E-state index is 0.309. The lowest BCUT2D eigenvalue weighted by molar-refractivity contribution is 0.199. The largest absolute Gasteiger partial charge is 0.389 e. The number of benzene rings is 1. The Morgan fingerprint density at radius 2 is 1.89 bits per heavy atom. The number of sulfonamides is 1. The number of nitrogens with zero attached hydrogens (tertiary/aromatic N) is 1. The molecule has 106 valence electrons. The average Bonchev–Trinajstić information content (AvgIpc) is 2.68. The minimum atomic E-state index is -3.39. The van der Waals surface area contributed by atoms with Gasteiger partial charge in [0.1, 0.15) is 0 Å². The number of rotatable bonds is 3. The first-order valence-corrected chi connectivity index (χ1v) is 8.97. The lowest BCUT2D eigenvalue weighted by Gasteiger charge is -2.19. The van der Waals surface area contributed by atoms with Crippen LogP contribution in [0.1, 0.15) is 25.0 Å². The summed E-state index contributed by atoms with van der Waals surface area (Å²) in [5, 5.41) is 9.44. The van der Waals surface area contributed by atoms with Gasteiger partial charge in [-0.2, -0.15) is 16.1 Å². The van der Waals surface area contributed by atoms with E-state index in [1.165, 1.54) is 0 Å². The van der Waals surface area contributed by atoms with Gasteiger partial charge in [-0.15, -0.1) is 0 Å². The van der Waals surface area contributed by atoms with Crippen LogP contribution < -0.4 is 0 Å². The summed E-state index contributed by atoms with van der Waals surface area (Å²) in [6, 6.07) is 6.50. The van der Waals surface area contributed by atoms with Crippen molar-refractivity contribution in [2.24, 2.45) is 0 Å². The lowest BCUT2D eigenvalue weighted by atomic mass is 10.1. The van der Waals surface area contributed by atoms with E-state index in [9.17, 15) is 13.5 Å². The molecule has 0 bridgehead atoms. The zero-order chi connectivity index (χ0) is 13.9. The van der Waals surface area contributed by atoms with Gasteiger partial charge in [0.05, 0.1) is 11.0 Å². The fraction of sp³-hybridized carbons (Fsp3) is 0.538. The molecule has 2 rings (SSSR count). The predicted octanol–water partition coefficient (Wildman–Crippen LogP) is 1.87. The summed E-state index contributed by atoms with van der Waals surface area (Å²) in [4.78, 5) is 0.309. The molecule has 1 aliphatic rings. The fourth-order valence-electron chi connectivity index (χ4n) is 2.03. The monoisotopic (exact) mass is 301 g/mol. The maximum atomic E-state index is 12.5. The second-order valence-electron chi connectivity index (χ2n) is 4.62. The van der Waals surface area contributed by atoms with Crippen LogP contribution in [0.3, 0.4) is 0 Å². The molecule has 0 aromatic heterocycles. The van der Waals surface area contributed by atoms with Crippen molar-refractivity contribution < 1.29 is 13.5 Å². The van der Waals surface area contributed by atoms with Crippen molar-refractivity contribution in [1.29, 1.82) is 0 Å². The molecule has 1 unspecified atom stereocenters. The highest BCUT2D eigenvalue weighted by molar-refractivity contribution is 7.99. The van der Waals surface area contributed by atoms with Gasteiger partial charge in [-0.3, -0.25) is 0 Å². The molecule has 0 amide bonds. The van der Waals surface area contributed by atoms with Crippen molar-refractivity contribution >= 4 is 21.8 Å². The summed E-state index contributed by atoms with van der Waals surface area (Å²) in [7, 11) is -3.39. The molecule has 4 nitrogen and oxygen atoms in total. The Morgan fingerprint density at radius 3 is 2.53 bits per heavy atom. The van der Waals surface area contributed by atoms with Crippen molar-refractivity contribution in [2.45, 2.75) is 24.3 Å². The highest BCUT2D eigenvalue weighted by Gasteiger charge is 2.25. The Morgan fingerprint density at radius 1 is 1.21 bits per heavy atom. The standard InChI is InChI=1S/C13H19NO3S2/c1-11(15)12-3-5-13(6-4-12)19(16,17)14-7-2-9-18-10-8-14/h3-6,11,15H,2,7-10H2,1H3. The predicted molar refractivity (Wildman–Crippen MR) is 77.8 cm³/mol. The zero-order valence-electron chi connectivity index (χ0n) is 10.9. The maximum Gasteiger partial charge on any atom is 0.243 e. The molecule has 0 aliphatic carbocycles. The smallest absolute Gasteiger partial charge is 0.243 e. The first-order valence-electron chi connectivity index (χ1n) is 6.38. The van der Waals surface area contributed by atoms with Crippen LogP contribution >= 0.6 is 11.8 Å². The number of hydrogen-bond acceptors (Lipinski definition) is 4. The Bertz CT molecular complexity index is 503. The van der Waals surface area contributed by atoms with E-state index in [0.717, 1.165) is 23.5 Å². The Kier molecular flexibility index (Phi) is 4.89. The molecule has 6 heteroatoms. The van der Waals surface area contributed by atoms with Crippen LogP contribution in [0.25, 0.3) is 0 Å². The van der Waals surface area contributed by atoms with Gasteiger partial charge in [-0.05, 0) is 36.8 Å². The fourth-order valence-corrected chi connectivity index (χ4v) is 4.51. The Labute approximate surface area is 118 Å². The number of hydrogen-bond donors (Lipinski definition) is 1. The van der Waals surface area contributed by atoms with E-state index >= 15 is 0 Å². The second-order valence-corrected chi connectivity index (χ2v) is 7.78. The molecule has 1 aromatic carbocycles. The summed E-state index contributed by atoms with van der Waals surface area (Å²) < 4.78 is 26.5. The van der Waals surface area contributed by atoms with Crippen LogP contribution in [-0.2, 0) is 10.0 Å². The average molecular weight is 301 g/mol. The molecule has 0 radical (unpaired) electrons. The molecule has 1 aromatic rings. The first-order chi connectivity index (χ1) is 9.01. The molecule has 1 saturated heterocycles. The molecular formula is C13H19NO3S2. The summed E-state index contributed by atoms with van der Waals surface area (Å²) in [6.45, 7) is 2.83. The van der Waals surface area contributed by atoms with Crippen LogP contribution in [0.4, 0.5) is 0 Å². The summed E-state index contributed by atoms with van der Waals surface area (Å²) >= 11 is 1.80. The van der Waals surface area contributed by atoms with Crippen LogP contribution in [0.5, 0.6) is 0 Å². The van der Waals surface area contributed by atoms with Crippen LogP contribution in [0.15, 0.2) is 29.2 Å². The zero-order valence-corrected chi connectivity index (χ0v) is 12.6. The third-order valence-electron chi connectivity index (χ3n) is 3.18. The summed E-state index contributed by atoms with van der Waals surface area (Å²) in [5.41, 5.74) is 0.727. The quantitative estimate of drug-likeness (QED) is 0.926. The van der Waals surface area contributed by atoms with Crippen molar-refractivity contribution in [3.8, 4) is 0 Å². The van der Waals surface area contributed by atoms with Gasteiger partial charge >= 0.3 is 0 Å². The van der Waals surface area contributed by atoms with Crippen molar-refractivity contribution in [1.82, 2.24) is 4.31 Å². The molecule has 1 atom stereocenters. The van der Waals surface area contributed by atoms with E-state index in [1.54, 1.807) is 47.3 Å². The highest BCUT2D eigenvalue weighted by atomic mass is 32.2. The highest BCUT2D eigenvalue weighted by Crippen LogP contribution is 2.21. The first kappa shape index (κ1) is 14.8. The van der Waals surface area contributed by atoms with Gasteiger partial charge in [0.25, 0.3) is 0 Å². The van der Waals surface area contributed by atoms with E-state index in [2.05, 4.69) is 0 Å². The Balaban J connectivity index is 2.23. The van der Waals surface area contributed by atoms with Gasteiger partial charge in [-0.25, -0.2) is 8.42 Å². The van der Waals surface area contributed by atoms with Crippen molar-refractivity contribution in [3.05, 3.63) is 29.8 Å². The van der Waals surface area contributed by atoms with E-state index in [0.29, 0.717) is 18.0 Å². The van der Waals surface area contributed by atoms with Crippen LogP contribution in [-0.4, -0.2) is 42.4 Å². The van der Waals surface area contributed by atoms with Gasteiger partial charge in [-0.1, -0.05) is 12.1 Å². The SMILES string of the molecule is CC(O)c1ccc(S(=O)(=O)N2CCCSCC2)cc1. The number of aliphatic hydroxyl groups is 1. The molecule has 19 heavy (non-hydrogen) atoms. The Hall–Kier alpha value is -0.560. The van der Waals surface area contributed by atoms with Gasteiger partial charge < -0.3 is 5.11 Å². The van der Waals surface area contributed by atoms with Gasteiger partial charge in [0.15, 0.2) is 0 Å². The molecule has 1 fully saturated rings. The molecular weight excluding hydrogens is 282 g/mol. The van der Waals surface area contributed by atoms with Crippen molar-refractivity contribution in [2.75, 3.05) is 24.6 Å². The topological polar surface area (TPSA) is 57.6 Å². The maximum absolute atomic E-state index is 12.5. The third kappa shape index (κ3) is 3.51. The van der Waals surface area contributed by atoms with E-state index < -0.39 is 16.1 Å². The summed E-state index contributed by atoms with van der Waals surface area (Å²) in [5.74, 6) is 1.87. The third-order valence-corrected chi connectivity index (χ3v) is 6.14. The van der Waals surface area contributed by atoms with E-state index in [1.807, 2.05) is 0 Å². The van der Waals surface area contributed by atoms with E-state index in [-0.39, 0.29) is 0 Å². The van der Waals surface area contributed by atoms with E-state index in [4.69, 9.17) is 0 Å². The lowest BCUT2D eigenvalue weighted by Crippen LogP contribution is -2.33. The van der Waals surface area contributed by atoms with Gasteiger partial charge in [0, 0.05) is 18.8 Å². The number of aliphatic hydroxyl groups excluding tert-OH is 1. The van der Waals surface area contributed by atoms with Gasteiger partial charge in [0.2, 0.25) is 10.0 Å². The summed E-state index contributed by atoms with van der Waals surface area (Å²) in [6.07, 6.45) is 0.321. The second kappa shape index (κ2) is 6.26. The molecule has 0 saturated carbocycles. The van der Waals surface area contributed by atoms with Crippen LogP contribution in [0, 0.1) is 0 Å². The minimum Gasteiger partial charge on any atom is -0.389 e. The number of thioether (sulfide) groups is 1. The molecule has 1 N–H and O–H groups in total. The molecule has 0 spiro atoms. The van der Waals surface area contributed by atoms with Crippen LogP contribution in [0.2, 0.25) is 0 Å². The molecule has 1 aliphatic heterocycles. The molecule has 1 heterocycles. The normalized spacial score (nSPS) is 19.9. The van der Waals surface area contributed by atoms with Crippen molar-refractivity contribution in [3.63, 3.8) is 0 Å².